The van der Waals surface area contributed by atoms with E-state index in [0.717, 1.165) is 5.56 Å². The van der Waals surface area contributed by atoms with Crippen LogP contribution in [0.15, 0.2) is 30.3 Å². The molecule has 0 radical (unpaired) electrons. The molecule has 22 heavy (non-hydrogen) atoms. The number of cyclic esters (lactones) is 1. The van der Waals surface area contributed by atoms with Crippen LogP contribution in [0.4, 0.5) is 0 Å². The maximum Gasteiger partial charge on any atom is 0.334 e. The highest BCUT2D eigenvalue weighted by Gasteiger charge is 2.47. The first-order valence-corrected chi connectivity index (χ1v) is 10.9. The molecule has 3 nitrogen and oxygen atoms in total. The molecule has 0 spiro atoms. The second-order valence-corrected chi connectivity index (χ2v) is 12.6. The lowest BCUT2D eigenvalue weighted by Crippen LogP contribution is -2.51. The third-order valence-corrected chi connectivity index (χ3v) is 9.53. The molecule has 0 N–H and O–H groups in total. The van der Waals surface area contributed by atoms with E-state index in [2.05, 4.69) is 52.9 Å². The maximum absolute atomic E-state index is 12.4. The molecule has 0 aliphatic carbocycles. The third-order valence-electron chi connectivity index (χ3n) is 5.07. The topological polar surface area (TPSA) is 35.5 Å². The fourth-order valence-corrected chi connectivity index (χ4v) is 3.87. The molecular formula is C18H28O3Si. The Labute approximate surface area is 135 Å². The largest absolute Gasteiger partial charge is 0.463 e. The lowest BCUT2D eigenvalue weighted by Gasteiger charge is -2.43. The van der Waals surface area contributed by atoms with Crippen molar-refractivity contribution in [3.8, 4) is 0 Å². The summed E-state index contributed by atoms with van der Waals surface area (Å²) in [7, 11) is -2.04. The van der Waals surface area contributed by atoms with Crippen LogP contribution in [0.25, 0.3) is 0 Å². The van der Waals surface area contributed by atoms with Gasteiger partial charge in [0.25, 0.3) is 0 Å². The zero-order chi connectivity index (χ0) is 16.5. The Bertz CT molecular complexity index is 519. The monoisotopic (exact) mass is 320 g/mol. The van der Waals surface area contributed by atoms with E-state index in [1.807, 2.05) is 18.2 Å². The lowest BCUT2D eigenvalue weighted by atomic mass is 9.82. The highest BCUT2D eigenvalue weighted by molar-refractivity contribution is 6.74. The van der Waals surface area contributed by atoms with Crippen LogP contribution >= 0.6 is 0 Å². The molecule has 0 aromatic heterocycles. The van der Waals surface area contributed by atoms with Gasteiger partial charge < -0.3 is 9.16 Å². The van der Waals surface area contributed by atoms with E-state index in [1.54, 1.807) is 0 Å². The van der Waals surface area contributed by atoms with Gasteiger partial charge in [-0.1, -0.05) is 58.0 Å². The summed E-state index contributed by atoms with van der Waals surface area (Å²) in [5.74, 6) is 0.114. The second kappa shape index (κ2) is 6.17. The van der Waals surface area contributed by atoms with Crippen LogP contribution in [-0.2, 0) is 14.0 Å². The van der Waals surface area contributed by atoms with Gasteiger partial charge in [-0.15, -0.1) is 0 Å². The van der Waals surface area contributed by atoms with Gasteiger partial charge in [-0.25, -0.2) is 4.79 Å². The van der Waals surface area contributed by atoms with Crippen molar-refractivity contribution in [1.82, 2.24) is 0 Å². The minimum atomic E-state index is -2.04. The summed E-state index contributed by atoms with van der Waals surface area (Å²) in [4.78, 5) is 12.4. The van der Waals surface area contributed by atoms with Gasteiger partial charge in [0.15, 0.2) is 14.4 Å². The van der Waals surface area contributed by atoms with Gasteiger partial charge in [-0.3, -0.25) is 0 Å². The molecule has 4 heteroatoms. The average molecular weight is 321 g/mol. The molecule has 1 saturated heterocycles. The van der Waals surface area contributed by atoms with Gasteiger partial charge in [0.1, 0.15) is 0 Å². The van der Waals surface area contributed by atoms with Gasteiger partial charge in [0, 0.05) is 11.8 Å². The van der Waals surface area contributed by atoms with Crippen LogP contribution in [0.5, 0.6) is 0 Å². The first kappa shape index (κ1) is 17.2. The molecule has 0 bridgehead atoms. The Morgan fingerprint density at radius 2 is 1.77 bits per heavy atom. The molecule has 122 valence electrons. The number of hydrogen-bond donors (Lipinski definition) is 0. The van der Waals surface area contributed by atoms with E-state index in [9.17, 15) is 4.79 Å². The second-order valence-electron chi connectivity index (χ2n) is 7.84. The van der Waals surface area contributed by atoms with Crippen LogP contribution in [0.2, 0.25) is 18.1 Å². The fraction of sp³-hybridized carbons (Fsp3) is 0.611. The van der Waals surface area contributed by atoms with Crippen LogP contribution in [-0.4, -0.2) is 27.0 Å². The summed E-state index contributed by atoms with van der Waals surface area (Å²) in [6.07, 6.45) is -0.493. The van der Waals surface area contributed by atoms with Gasteiger partial charge in [-0.2, -0.15) is 0 Å². The minimum absolute atomic E-state index is 0.0647. The zero-order valence-electron chi connectivity index (χ0n) is 14.6. The lowest BCUT2D eigenvalue weighted by molar-refractivity contribution is -0.163. The maximum atomic E-state index is 12.4. The van der Waals surface area contributed by atoms with Crippen LogP contribution < -0.4 is 0 Å². The number of ether oxygens (including phenoxy) is 1. The number of benzene rings is 1. The third kappa shape index (κ3) is 3.44. The standard InChI is InChI=1S/C18H28O3Si/c1-13-12-20-17(19)16(21-22(5,6)18(2,3)4)15(13)14-10-8-7-9-11-14/h7-11,13,15-16H,12H2,1-6H3/t13-,15+,16-/m0/s1. The Morgan fingerprint density at radius 3 is 2.32 bits per heavy atom. The summed E-state index contributed by atoms with van der Waals surface area (Å²) >= 11 is 0. The summed E-state index contributed by atoms with van der Waals surface area (Å²) in [6.45, 7) is 13.5. The molecule has 0 unspecified atom stereocenters. The van der Waals surface area contributed by atoms with Gasteiger partial charge >= 0.3 is 5.97 Å². The number of carbonyl (C=O) groups is 1. The highest BCUT2D eigenvalue weighted by atomic mass is 28.4. The number of rotatable bonds is 3. The number of carbonyl (C=O) groups excluding carboxylic acids is 1. The number of esters is 1. The van der Waals surface area contributed by atoms with E-state index < -0.39 is 14.4 Å². The minimum Gasteiger partial charge on any atom is -0.463 e. The molecule has 1 heterocycles. The van der Waals surface area contributed by atoms with E-state index in [4.69, 9.17) is 9.16 Å². The van der Waals surface area contributed by atoms with Crippen LogP contribution in [0.3, 0.4) is 0 Å². The van der Waals surface area contributed by atoms with E-state index in [1.165, 1.54) is 0 Å². The molecule has 1 aliphatic heterocycles. The van der Waals surface area contributed by atoms with Gasteiger partial charge in [0.2, 0.25) is 0 Å². The highest BCUT2D eigenvalue weighted by Crippen LogP contribution is 2.42. The Morgan fingerprint density at radius 1 is 1.18 bits per heavy atom. The van der Waals surface area contributed by atoms with Crippen molar-refractivity contribution >= 4 is 14.3 Å². The van der Waals surface area contributed by atoms with Crippen molar-refractivity contribution in [3.63, 3.8) is 0 Å². The Balaban J connectivity index is 2.34. The van der Waals surface area contributed by atoms with Gasteiger partial charge in [0.05, 0.1) is 6.61 Å². The quantitative estimate of drug-likeness (QED) is 0.613. The molecule has 2 rings (SSSR count). The first-order chi connectivity index (χ1) is 10.1. The summed E-state index contributed by atoms with van der Waals surface area (Å²) < 4.78 is 11.8. The van der Waals surface area contributed by atoms with Crippen molar-refractivity contribution in [2.24, 2.45) is 5.92 Å². The fourth-order valence-electron chi connectivity index (χ4n) is 2.64. The van der Waals surface area contributed by atoms with Crippen molar-refractivity contribution in [3.05, 3.63) is 35.9 Å². The van der Waals surface area contributed by atoms with E-state index in [-0.39, 0.29) is 22.8 Å². The molecule has 1 aromatic rings. The number of hydrogen-bond acceptors (Lipinski definition) is 3. The summed E-state index contributed by atoms with van der Waals surface area (Å²) in [5, 5.41) is 0.0647. The molecule has 3 atom stereocenters. The molecule has 1 fully saturated rings. The van der Waals surface area contributed by atoms with Crippen LogP contribution in [0.1, 0.15) is 39.2 Å². The SMILES string of the molecule is C[C@H]1COC(=O)[C@@H](O[Si](C)(C)C(C)(C)C)[C@H]1c1ccccc1. The van der Waals surface area contributed by atoms with E-state index >= 15 is 0 Å². The smallest absolute Gasteiger partial charge is 0.334 e. The summed E-state index contributed by atoms with van der Waals surface area (Å²) in [5.41, 5.74) is 1.16. The molecule has 1 aromatic carbocycles. The van der Waals surface area contributed by atoms with E-state index in [0.29, 0.717) is 6.61 Å². The normalized spacial score (nSPS) is 26.6. The summed E-state index contributed by atoms with van der Waals surface area (Å²) in [6, 6.07) is 10.2. The molecule has 1 aliphatic rings. The average Bonchev–Trinajstić information content (AvgIpc) is 2.42. The predicted octanol–water partition coefficient (Wildman–Crippen LogP) is 4.35. The van der Waals surface area contributed by atoms with Crippen molar-refractivity contribution in [2.45, 2.75) is 57.8 Å². The van der Waals surface area contributed by atoms with Crippen molar-refractivity contribution in [1.29, 1.82) is 0 Å². The predicted molar refractivity (Wildman–Crippen MR) is 91.4 cm³/mol. The van der Waals surface area contributed by atoms with Crippen molar-refractivity contribution < 1.29 is 14.0 Å². The van der Waals surface area contributed by atoms with Crippen molar-refractivity contribution in [2.75, 3.05) is 6.61 Å². The molecule has 0 saturated carbocycles. The Hall–Kier alpha value is -1.13. The zero-order valence-corrected chi connectivity index (χ0v) is 15.6. The molecular weight excluding hydrogens is 292 g/mol. The van der Waals surface area contributed by atoms with Crippen LogP contribution in [0, 0.1) is 5.92 Å². The van der Waals surface area contributed by atoms with Gasteiger partial charge in [-0.05, 0) is 23.7 Å². The first-order valence-electron chi connectivity index (χ1n) is 8.03. The Kier molecular flexibility index (Phi) is 4.83. The molecule has 0 amide bonds.